The standard InChI is InChI=1S/C14H28O.C6H13NO.C2H7N/c1-2-3-4-5-6-7-8-9-10-11-12-13-14-15;1-3-4-6(5-8)7-2;1-2-3/h14H,2-13H2,1H3;5-7H,3-4H2,1-2H3;2-3H2,1H3/t;6-;/m.0./s1. The summed E-state index contributed by atoms with van der Waals surface area (Å²) >= 11 is 0. The van der Waals surface area contributed by atoms with E-state index in [4.69, 9.17) is 5.73 Å². The first kappa shape index (κ1) is 30.0. The molecule has 0 rings (SSSR count). The number of rotatable bonds is 16. The Balaban J connectivity index is -0.000000402. The molecule has 26 heavy (non-hydrogen) atoms. The van der Waals surface area contributed by atoms with E-state index < -0.39 is 0 Å². The quantitative estimate of drug-likeness (QED) is 0.280. The van der Waals surface area contributed by atoms with E-state index >= 15 is 0 Å². The highest BCUT2D eigenvalue weighted by molar-refractivity contribution is 5.57. The number of carbonyl (C=O) groups excluding carboxylic acids is 2. The van der Waals surface area contributed by atoms with Gasteiger partial charge < -0.3 is 20.6 Å². The van der Waals surface area contributed by atoms with Gasteiger partial charge in [-0.2, -0.15) is 0 Å². The predicted molar refractivity (Wildman–Crippen MR) is 116 cm³/mol. The fraction of sp³-hybridized carbons (Fsp3) is 0.909. The average Bonchev–Trinajstić information content (AvgIpc) is 2.65. The van der Waals surface area contributed by atoms with Gasteiger partial charge >= 0.3 is 0 Å². The lowest BCUT2D eigenvalue weighted by Gasteiger charge is -2.03. The molecule has 0 aliphatic rings. The Morgan fingerprint density at radius 1 is 0.769 bits per heavy atom. The second-order valence-corrected chi connectivity index (χ2v) is 6.72. The minimum absolute atomic E-state index is 0.0694. The molecule has 4 heteroatoms. The smallest absolute Gasteiger partial charge is 0.136 e. The van der Waals surface area contributed by atoms with E-state index in [1.54, 1.807) is 7.05 Å². The van der Waals surface area contributed by atoms with Crippen molar-refractivity contribution in [3.63, 3.8) is 0 Å². The number of carbonyl (C=O) groups is 2. The summed E-state index contributed by atoms with van der Waals surface area (Å²) < 4.78 is 0. The Labute approximate surface area is 164 Å². The number of nitrogens with one attached hydrogen (secondary N) is 1. The number of likely N-dealkylation sites (N-methyl/N-ethyl adjacent to an activating group) is 1. The molecule has 0 heterocycles. The number of unbranched alkanes of at least 4 members (excludes halogenated alkanes) is 11. The molecule has 0 saturated heterocycles. The maximum atomic E-state index is 10.1. The third-order valence-corrected chi connectivity index (χ3v) is 4.06. The zero-order valence-electron chi connectivity index (χ0n) is 18.2. The topological polar surface area (TPSA) is 72.2 Å². The normalized spacial score (nSPS) is 10.8. The molecule has 0 aromatic heterocycles. The molecule has 0 bridgehead atoms. The summed E-state index contributed by atoms with van der Waals surface area (Å²) in [6, 6.07) is 0.0694. The number of hydrogen-bond donors (Lipinski definition) is 2. The maximum Gasteiger partial charge on any atom is 0.136 e. The third kappa shape index (κ3) is 34.6. The summed E-state index contributed by atoms with van der Waals surface area (Å²) in [7, 11) is 1.80. The van der Waals surface area contributed by atoms with Crippen LogP contribution in [0.5, 0.6) is 0 Å². The monoisotopic (exact) mass is 372 g/mol. The van der Waals surface area contributed by atoms with Crippen LogP contribution in [0.2, 0.25) is 0 Å². The fourth-order valence-electron chi connectivity index (χ4n) is 2.48. The van der Waals surface area contributed by atoms with Crippen molar-refractivity contribution in [3.8, 4) is 0 Å². The molecule has 0 saturated carbocycles. The summed E-state index contributed by atoms with van der Waals surface area (Å²) in [5.74, 6) is 0. The van der Waals surface area contributed by atoms with Gasteiger partial charge in [-0.15, -0.1) is 0 Å². The van der Waals surface area contributed by atoms with Crippen LogP contribution in [0.15, 0.2) is 0 Å². The Kier molecular flexibility index (Phi) is 36.9. The van der Waals surface area contributed by atoms with Crippen LogP contribution in [0.4, 0.5) is 0 Å². The first-order valence-electron chi connectivity index (χ1n) is 10.9. The molecule has 0 aromatic carbocycles. The second kappa shape index (κ2) is 32.0. The van der Waals surface area contributed by atoms with E-state index in [1.165, 1.54) is 64.2 Å². The van der Waals surface area contributed by atoms with Gasteiger partial charge in [0.05, 0.1) is 6.04 Å². The van der Waals surface area contributed by atoms with E-state index in [0.717, 1.165) is 44.8 Å². The molecule has 0 fully saturated rings. The molecule has 1 atom stereocenters. The van der Waals surface area contributed by atoms with Crippen molar-refractivity contribution in [2.75, 3.05) is 13.6 Å². The van der Waals surface area contributed by atoms with Crippen molar-refractivity contribution < 1.29 is 9.59 Å². The lowest BCUT2D eigenvalue weighted by Crippen LogP contribution is -2.25. The zero-order valence-corrected chi connectivity index (χ0v) is 18.2. The summed E-state index contributed by atoms with van der Waals surface area (Å²) in [5.41, 5.74) is 4.85. The van der Waals surface area contributed by atoms with Gasteiger partial charge in [-0.3, -0.25) is 0 Å². The van der Waals surface area contributed by atoms with Gasteiger partial charge in [0.15, 0.2) is 0 Å². The average molecular weight is 373 g/mol. The Hall–Kier alpha value is -0.740. The Bertz CT molecular complexity index is 248. The largest absolute Gasteiger partial charge is 0.331 e. The SMILES string of the molecule is CCCCCCCCCCCCCC=O.CCC[C@@H](C=O)NC.CCN. The number of aldehydes is 2. The van der Waals surface area contributed by atoms with Gasteiger partial charge in [-0.1, -0.05) is 91.4 Å². The second-order valence-electron chi connectivity index (χ2n) is 6.72. The molecule has 0 radical (unpaired) electrons. The van der Waals surface area contributed by atoms with E-state index in [-0.39, 0.29) is 6.04 Å². The van der Waals surface area contributed by atoms with E-state index in [9.17, 15) is 9.59 Å². The molecular formula is C22H48N2O2. The molecule has 0 unspecified atom stereocenters. The highest BCUT2D eigenvalue weighted by Crippen LogP contribution is 2.11. The van der Waals surface area contributed by atoms with Crippen molar-refractivity contribution in [1.29, 1.82) is 0 Å². The summed E-state index contributed by atoms with van der Waals surface area (Å²) in [5, 5.41) is 2.88. The first-order chi connectivity index (χ1) is 12.7. The van der Waals surface area contributed by atoms with Gasteiger partial charge in [0.25, 0.3) is 0 Å². The van der Waals surface area contributed by atoms with Gasteiger partial charge in [0.1, 0.15) is 12.6 Å². The van der Waals surface area contributed by atoms with Gasteiger partial charge in [0.2, 0.25) is 0 Å². The van der Waals surface area contributed by atoms with Crippen molar-refractivity contribution in [3.05, 3.63) is 0 Å². The first-order valence-corrected chi connectivity index (χ1v) is 10.9. The van der Waals surface area contributed by atoms with Crippen LogP contribution in [-0.4, -0.2) is 32.2 Å². The van der Waals surface area contributed by atoms with Crippen LogP contribution in [0.1, 0.15) is 111 Å². The molecule has 0 spiro atoms. The number of nitrogens with two attached hydrogens (primary N) is 1. The summed E-state index contributed by atoms with van der Waals surface area (Å²) in [6.45, 7) is 6.98. The van der Waals surface area contributed by atoms with Gasteiger partial charge in [-0.05, 0) is 26.4 Å². The van der Waals surface area contributed by atoms with Crippen molar-refractivity contribution in [1.82, 2.24) is 5.32 Å². The van der Waals surface area contributed by atoms with Gasteiger partial charge in [0, 0.05) is 6.42 Å². The van der Waals surface area contributed by atoms with Crippen molar-refractivity contribution in [2.45, 2.75) is 117 Å². The van der Waals surface area contributed by atoms with Crippen LogP contribution in [0, 0.1) is 0 Å². The van der Waals surface area contributed by atoms with Crippen LogP contribution < -0.4 is 11.1 Å². The minimum atomic E-state index is 0.0694. The number of hydrogen-bond acceptors (Lipinski definition) is 4. The lowest BCUT2D eigenvalue weighted by molar-refractivity contribution is -0.109. The van der Waals surface area contributed by atoms with Crippen LogP contribution in [-0.2, 0) is 9.59 Å². The third-order valence-electron chi connectivity index (χ3n) is 4.06. The molecule has 0 aliphatic heterocycles. The highest BCUT2D eigenvalue weighted by Gasteiger charge is 1.98. The molecule has 4 nitrogen and oxygen atoms in total. The predicted octanol–water partition coefficient (Wildman–Crippen LogP) is 5.42. The maximum absolute atomic E-state index is 10.1. The summed E-state index contributed by atoms with van der Waals surface area (Å²) in [4.78, 5) is 20.1. The lowest BCUT2D eigenvalue weighted by atomic mass is 10.1. The highest BCUT2D eigenvalue weighted by atomic mass is 16.1. The van der Waals surface area contributed by atoms with Crippen molar-refractivity contribution in [2.24, 2.45) is 5.73 Å². The van der Waals surface area contributed by atoms with Crippen LogP contribution in [0.25, 0.3) is 0 Å². The summed E-state index contributed by atoms with van der Waals surface area (Å²) in [6.07, 6.45) is 19.6. The van der Waals surface area contributed by atoms with Crippen LogP contribution in [0.3, 0.4) is 0 Å². The molecule has 0 amide bonds. The van der Waals surface area contributed by atoms with E-state index in [2.05, 4.69) is 19.2 Å². The fourth-order valence-corrected chi connectivity index (χ4v) is 2.48. The minimum Gasteiger partial charge on any atom is -0.331 e. The zero-order chi connectivity index (χ0) is 20.3. The molecule has 0 aliphatic carbocycles. The molecule has 0 aromatic rings. The van der Waals surface area contributed by atoms with E-state index in [1.807, 2.05) is 6.92 Å². The molecule has 3 N–H and O–H groups in total. The van der Waals surface area contributed by atoms with Crippen LogP contribution >= 0.6 is 0 Å². The van der Waals surface area contributed by atoms with E-state index in [0.29, 0.717) is 0 Å². The Morgan fingerprint density at radius 2 is 1.19 bits per heavy atom. The van der Waals surface area contributed by atoms with Gasteiger partial charge in [-0.25, -0.2) is 0 Å². The molecular weight excluding hydrogens is 324 g/mol. The molecule has 158 valence electrons. The van der Waals surface area contributed by atoms with Crippen molar-refractivity contribution >= 4 is 12.6 Å². The Morgan fingerprint density at radius 3 is 1.46 bits per heavy atom.